The fourth-order valence-corrected chi connectivity index (χ4v) is 0.871. The number of ether oxygens (including phenoxy) is 1. The van der Waals surface area contributed by atoms with Gasteiger partial charge in [-0.15, -0.1) is 0 Å². The molecule has 2 N–H and O–H groups in total. The Bertz CT molecular complexity index is 284. The highest BCUT2D eigenvalue weighted by Gasteiger charge is 2.00. The third-order valence-corrected chi connectivity index (χ3v) is 1.33. The molecule has 0 aromatic carbocycles. The van der Waals surface area contributed by atoms with Gasteiger partial charge >= 0.3 is 0 Å². The van der Waals surface area contributed by atoms with Gasteiger partial charge in [0.05, 0.1) is 6.61 Å². The van der Waals surface area contributed by atoms with Crippen LogP contribution in [-0.2, 0) is 11.3 Å². The molecular formula is C7H9N3O. The predicted molar refractivity (Wildman–Crippen MR) is 40.0 cm³/mol. The molecule has 1 aromatic heterocycles. The first-order chi connectivity index (χ1) is 5.27. The number of nitrogens with two attached hydrogens (primary N) is 1. The number of hydrogen-bond acceptors (Lipinski definition) is 3. The Kier molecular flexibility index (Phi) is 2.14. The van der Waals surface area contributed by atoms with Gasteiger partial charge in [-0.05, 0) is 11.6 Å². The molecule has 11 heavy (non-hydrogen) atoms. The Morgan fingerprint density at radius 2 is 2.55 bits per heavy atom. The quantitative estimate of drug-likeness (QED) is 0.615. The zero-order valence-corrected chi connectivity index (χ0v) is 6.24. The summed E-state index contributed by atoms with van der Waals surface area (Å²) in [7, 11) is 1.60. The van der Waals surface area contributed by atoms with E-state index in [1.54, 1.807) is 19.4 Å². The lowest BCUT2D eigenvalue weighted by molar-refractivity contribution is 0.185. The van der Waals surface area contributed by atoms with E-state index in [2.05, 4.69) is 0 Å². The number of hydrogen-bond donors (Lipinski definition) is 1. The summed E-state index contributed by atoms with van der Waals surface area (Å²) in [4.78, 5) is 0. The van der Waals surface area contributed by atoms with Crippen LogP contribution in [0, 0.1) is 11.3 Å². The molecule has 0 bridgehead atoms. The summed E-state index contributed by atoms with van der Waals surface area (Å²) in [6.45, 7) is 0.485. The van der Waals surface area contributed by atoms with Crippen LogP contribution in [-0.4, -0.2) is 11.8 Å². The van der Waals surface area contributed by atoms with E-state index in [4.69, 9.17) is 15.8 Å². The normalized spacial score (nSPS) is 9.45. The lowest BCUT2D eigenvalue weighted by Gasteiger charge is -1.91. The molecule has 0 fully saturated rings. The SMILES string of the molecule is COCc1cc(C#N)n(N)c1. The molecule has 0 radical (unpaired) electrons. The molecule has 4 heteroatoms. The molecule has 1 rings (SSSR count). The van der Waals surface area contributed by atoms with E-state index in [0.717, 1.165) is 5.56 Å². The largest absolute Gasteiger partial charge is 0.380 e. The Hall–Kier alpha value is -1.47. The number of rotatable bonds is 2. The lowest BCUT2D eigenvalue weighted by atomic mass is 10.3. The van der Waals surface area contributed by atoms with Gasteiger partial charge in [0.15, 0.2) is 0 Å². The minimum absolute atomic E-state index is 0.442. The van der Waals surface area contributed by atoms with Crippen LogP contribution >= 0.6 is 0 Å². The number of nitrogen functional groups attached to an aromatic ring is 1. The van der Waals surface area contributed by atoms with Crippen molar-refractivity contribution in [1.82, 2.24) is 4.68 Å². The minimum atomic E-state index is 0.442. The molecule has 0 aliphatic carbocycles. The van der Waals surface area contributed by atoms with Crippen molar-refractivity contribution in [3.05, 3.63) is 23.5 Å². The van der Waals surface area contributed by atoms with Gasteiger partial charge < -0.3 is 10.6 Å². The van der Waals surface area contributed by atoms with Crippen molar-refractivity contribution in [2.24, 2.45) is 0 Å². The molecule has 0 saturated carbocycles. The van der Waals surface area contributed by atoms with Gasteiger partial charge in [-0.1, -0.05) is 0 Å². The maximum absolute atomic E-state index is 8.51. The topological polar surface area (TPSA) is 64.0 Å². The zero-order valence-electron chi connectivity index (χ0n) is 6.24. The van der Waals surface area contributed by atoms with Crippen molar-refractivity contribution in [3.8, 4) is 6.07 Å². The van der Waals surface area contributed by atoms with Gasteiger partial charge in [0.2, 0.25) is 0 Å². The molecular weight excluding hydrogens is 142 g/mol. The van der Waals surface area contributed by atoms with Crippen molar-refractivity contribution >= 4 is 0 Å². The molecule has 1 heterocycles. The van der Waals surface area contributed by atoms with E-state index in [1.807, 2.05) is 6.07 Å². The molecule has 0 saturated heterocycles. The summed E-state index contributed by atoms with van der Waals surface area (Å²) in [5.41, 5.74) is 1.35. The molecule has 58 valence electrons. The average Bonchev–Trinajstić information content (AvgIpc) is 2.32. The molecule has 0 spiro atoms. The van der Waals surface area contributed by atoms with Crippen molar-refractivity contribution in [3.63, 3.8) is 0 Å². The Balaban J connectivity index is 2.89. The molecule has 0 aliphatic rings. The van der Waals surface area contributed by atoms with Crippen LogP contribution in [0.4, 0.5) is 0 Å². The minimum Gasteiger partial charge on any atom is -0.380 e. The summed E-state index contributed by atoms with van der Waals surface area (Å²) in [6, 6.07) is 3.65. The van der Waals surface area contributed by atoms with Crippen LogP contribution in [0.5, 0.6) is 0 Å². The van der Waals surface area contributed by atoms with Crippen molar-refractivity contribution < 1.29 is 4.74 Å². The third-order valence-electron chi connectivity index (χ3n) is 1.33. The molecule has 0 aliphatic heterocycles. The predicted octanol–water partition coefficient (Wildman–Crippen LogP) is 0.220. The number of methoxy groups -OCH3 is 1. The van der Waals surface area contributed by atoms with Gasteiger partial charge in [0.25, 0.3) is 0 Å². The Morgan fingerprint density at radius 1 is 1.82 bits per heavy atom. The zero-order chi connectivity index (χ0) is 8.27. The van der Waals surface area contributed by atoms with Crippen LogP contribution in [0.15, 0.2) is 12.3 Å². The highest BCUT2D eigenvalue weighted by molar-refractivity contribution is 5.28. The maximum atomic E-state index is 8.51. The summed E-state index contributed by atoms with van der Waals surface area (Å²) < 4.78 is 6.15. The number of aromatic nitrogens is 1. The van der Waals surface area contributed by atoms with E-state index < -0.39 is 0 Å². The van der Waals surface area contributed by atoms with E-state index in [1.165, 1.54) is 4.68 Å². The fourth-order valence-electron chi connectivity index (χ4n) is 0.871. The number of nitrogens with zero attached hydrogens (tertiary/aromatic N) is 2. The lowest BCUT2D eigenvalue weighted by Crippen LogP contribution is -2.07. The standard InChI is InChI=1S/C7H9N3O/c1-11-5-6-2-7(3-8)10(9)4-6/h2,4H,5,9H2,1H3. The Labute approximate surface area is 64.8 Å². The summed E-state index contributed by atoms with van der Waals surface area (Å²) >= 11 is 0. The van der Waals surface area contributed by atoms with Crippen LogP contribution in [0.2, 0.25) is 0 Å². The van der Waals surface area contributed by atoms with Crippen LogP contribution < -0.4 is 5.84 Å². The highest BCUT2D eigenvalue weighted by atomic mass is 16.5. The Morgan fingerprint density at radius 3 is 3.00 bits per heavy atom. The first-order valence-corrected chi connectivity index (χ1v) is 3.13. The van der Waals surface area contributed by atoms with Crippen LogP contribution in [0.1, 0.15) is 11.3 Å². The van der Waals surface area contributed by atoms with Crippen LogP contribution in [0.25, 0.3) is 0 Å². The van der Waals surface area contributed by atoms with Gasteiger partial charge in [-0.2, -0.15) is 5.26 Å². The third kappa shape index (κ3) is 1.51. The first-order valence-electron chi connectivity index (χ1n) is 3.13. The van der Waals surface area contributed by atoms with Crippen molar-refractivity contribution in [2.75, 3.05) is 13.0 Å². The van der Waals surface area contributed by atoms with Gasteiger partial charge in [0.1, 0.15) is 11.8 Å². The van der Waals surface area contributed by atoms with E-state index in [-0.39, 0.29) is 0 Å². The summed E-state index contributed by atoms with van der Waals surface area (Å²) in [6.07, 6.45) is 1.67. The molecule has 4 nitrogen and oxygen atoms in total. The smallest absolute Gasteiger partial charge is 0.139 e. The van der Waals surface area contributed by atoms with E-state index in [9.17, 15) is 0 Å². The molecule has 0 atom stereocenters. The fraction of sp³-hybridized carbons (Fsp3) is 0.286. The summed E-state index contributed by atoms with van der Waals surface area (Å²) in [5.74, 6) is 5.42. The maximum Gasteiger partial charge on any atom is 0.139 e. The average molecular weight is 151 g/mol. The second-order valence-electron chi connectivity index (χ2n) is 2.19. The second-order valence-corrected chi connectivity index (χ2v) is 2.19. The van der Waals surface area contributed by atoms with E-state index >= 15 is 0 Å². The second kappa shape index (κ2) is 3.08. The molecule has 0 unspecified atom stereocenters. The van der Waals surface area contributed by atoms with E-state index in [0.29, 0.717) is 12.3 Å². The van der Waals surface area contributed by atoms with Gasteiger partial charge in [-0.3, -0.25) is 4.68 Å². The van der Waals surface area contributed by atoms with Crippen LogP contribution in [0.3, 0.4) is 0 Å². The highest BCUT2D eigenvalue weighted by Crippen LogP contribution is 2.04. The van der Waals surface area contributed by atoms with Gasteiger partial charge in [-0.25, -0.2) is 0 Å². The first kappa shape index (κ1) is 7.63. The summed E-state index contributed by atoms with van der Waals surface area (Å²) in [5, 5.41) is 8.51. The number of nitriles is 1. The van der Waals surface area contributed by atoms with Crippen molar-refractivity contribution in [2.45, 2.75) is 6.61 Å². The monoisotopic (exact) mass is 151 g/mol. The van der Waals surface area contributed by atoms with Gasteiger partial charge in [0, 0.05) is 13.3 Å². The molecule has 1 aromatic rings. The molecule has 0 amide bonds. The van der Waals surface area contributed by atoms with Crippen molar-refractivity contribution in [1.29, 1.82) is 5.26 Å².